The second kappa shape index (κ2) is 39.0. The summed E-state index contributed by atoms with van der Waals surface area (Å²) in [6.45, 7) is 5.43. The van der Waals surface area contributed by atoms with Crippen molar-refractivity contribution >= 4 is 97.7 Å². The Bertz CT molecular complexity index is 3850. The number of fused-ring (bicyclic) bond motifs is 1. The number of H-pyrrole nitrogens is 1. The van der Waals surface area contributed by atoms with Crippen LogP contribution in [0.5, 0.6) is 11.5 Å². The number of alkyl halides is 3. The van der Waals surface area contributed by atoms with E-state index in [9.17, 15) is 61.1 Å². The third kappa shape index (κ3) is 23.2. The summed E-state index contributed by atoms with van der Waals surface area (Å²) in [5.74, 6) is -4.61. The zero-order chi connectivity index (χ0) is 73.9. The quantitative estimate of drug-likeness (QED) is 0.00919. The van der Waals surface area contributed by atoms with Crippen LogP contribution in [0.3, 0.4) is 0 Å². The van der Waals surface area contributed by atoms with Crippen molar-refractivity contribution in [2.45, 2.75) is 140 Å². The zero-order valence-electron chi connectivity index (χ0n) is 57.8. The topological polar surface area (TPSA) is 338 Å². The van der Waals surface area contributed by atoms with Crippen molar-refractivity contribution in [3.63, 3.8) is 0 Å². The van der Waals surface area contributed by atoms with E-state index in [1.54, 1.807) is 54.6 Å². The van der Waals surface area contributed by atoms with Gasteiger partial charge in [-0.05, 0) is 90.9 Å². The number of carbonyl (C=O) groups is 9. The van der Waals surface area contributed by atoms with Gasteiger partial charge in [0.25, 0.3) is 11.5 Å². The lowest BCUT2D eigenvalue weighted by atomic mass is 9.80. The van der Waals surface area contributed by atoms with Crippen molar-refractivity contribution < 1.29 is 80.0 Å². The van der Waals surface area contributed by atoms with E-state index in [-0.39, 0.29) is 102 Å². The fourth-order valence-electron chi connectivity index (χ4n) is 11.0. The second-order valence-corrected chi connectivity index (χ2v) is 27.2. The Balaban J connectivity index is 0.807. The molecule has 26 nitrogen and oxygen atoms in total. The van der Waals surface area contributed by atoms with E-state index >= 15 is 0 Å². The SMILES string of the molecule is CNC(=O)CCC(=O)O[C@@H]1C[C@@H](COC(c2ccccc2)(c2ccc(OC)cc2)c2ccc(OC)cc2)N(C(=O)CCC(C)SSCCNC(=O)CCCCCCNC(=O)CC[C@@H](NC(=O)c2ccc(N(Cc3cnc4nc(NC(=O)C(C)C)[nH]c(=O)c4n3)C(=O)C(F)(F)F)cc2)C(=O)OC)C1. The minimum atomic E-state index is -5.36. The van der Waals surface area contributed by atoms with E-state index < -0.39 is 83.6 Å². The van der Waals surface area contributed by atoms with Gasteiger partial charge in [0.05, 0.1) is 65.4 Å². The number of rotatable bonds is 38. The highest BCUT2D eigenvalue weighted by atomic mass is 33.1. The highest BCUT2D eigenvalue weighted by molar-refractivity contribution is 8.76. The average Bonchev–Trinajstić information content (AvgIpc) is 0.855. The molecule has 3 heterocycles. The number of anilines is 2. The number of benzene rings is 4. The van der Waals surface area contributed by atoms with Gasteiger partial charge in [-0.2, -0.15) is 18.2 Å². The number of carbonyl (C=O) groups excluding carboxylic acids is 9. The largest absolute Gasteiger partial charge is 0.497 e. The highest BCUT2D eigenvalue weighted by Crippen LogP contribution is 2.43. The van der Waals surface area contributed by atoms with Crippen LogP contribution in [0.1, 0.15) is 131 Å². The first-order valence-electron chi connectivity index (χ1n) is 33.3. The monoisotopic (exact) mass is 1450 g/mol. The number of esters is 2. The molecule has 7 rings (SSSR count). The predicted molar refractivity (Wildman–Crippen MR) is 377 cm³/mol. The number of amides is 7. The Morgan fingerprint density at radius 3 is 1.99 bits per heavy atom. The molecule has 31 heteroatoms. The maximum atomic E-state index is 14.3. The summed E-state index contributed by atoms with van der Waals surface area (Å²) >= 11 is 0. The van der Waals surface area contributed by atoms with Crippen LogP contribution in [-0.2, 0) is 64.7 Å². The fourth-order valence-corrected chi connectivity index (χ4v) is 13.3. The molecule has 6 N–H and O–H groups in total. The molecule has 1 unspecified atom stereocenters. The number of likely N-dealkylation sites (tertiary alicyclic amines) is 1. The molecule has 7 amide bonds. The molecule has 0 spiro atoms. The van der Waals surface area contributed by atoms with Gasteiger partial charge in [-0.1, -0.05) is 110 Å². The maximum Gasteiger partial charge on any atom is 0.471 e. The number of aromatic nitrogens is 4. The molecule has 1 saturated heterocycles. The summed E-state index contributed by atoms with van der Waals surface area (Å²) in [4.78, 5) is 145. The molecule has 1 aliphatic rings. The number of nitrogens with one attached hydrogen (secondary N) is 6. The van der Waals surface area contributed by atoms with Crippen LogP contribution in [-0.4, -0.2) is 168 Å². The maximum absolute atomic E-state index is 14.3. The van der Waals surface area contributed by atoms with Gasteiger partial charge in [0.1, 0.15) is 29.2 Å². The number of methoxy groups -OCH3 is 3. The number of aromatic amines is 1. The van der Waals surface area contributed by atoms with Gasteiger partial charge in [-0.3, -0.25) is 58.4 Å². The molecule has 0 bridgehead atoms. The Labute approximate surface area is 596 Å². The Morgan fingerprint density at radius 2 is 1.36 bits per heavy atom. The predicted octanol–water partition coefficient (Wildman–Crippen LogP) is 8.25. The van der Waals surface area contributed by atoms with Crippen LogP contribution in [0, 0.1) is 5.92 Å². The van der Waals surface area contributed by atoms with Crippen molar-refractivity contribution in [2.75, 3.05) is 70.6 Å². The number of hydrogen-bond acceptors (Lipinski definition) is 20. The third-order valence-corrected chi connectivity index (χ3v) is 19.6. The van der Waals surface area contributed by atoms with Crippen LogP contribution in [0.4, 0.5) is 24.8 Å². The number of ether oxygens (including phenoxy) is 5. The Hall–Kier alpha value is -9.62. The van der Waals surface area contributed by atoms with Crippen LogP contribution in [0.15, 0.2) is 114 Å². The molecule has 6 aromatic rings. The minimum Gasteiger partial charge on any atom is -0.497 e. The van der Waals surface area contributed by atoms with Crippen LogP contribution >= 0.6 is 21.6 Å². The smallest absolute Gasteiger partial charge is 0.471 e. The average molecular weight is 1450 g/mol. The number of halogens is 3. The van der Waals surface area contributed by atoms with Crippen molar-refractivity contribution in [3.05, 3.63) is 148 Å². The molecule has 1 aliphatic heterocycles. The first kappa shape index (κ1) is 79.7. The lowest BCUT2D eigenvalue weighted by molar-refractivity contribution is -0.170. The molecule has 102 heavy (non-hydrogen) atoms. The normalized spacial score (nSPS) is 14.2. The van der Waals surface area contributed by atoms with E-state index in [4.69, 9.17) is 23.7 Å². The molecular formula is C71H86F3N11O15S2. The van der Waals surface area contributed by atoms with Crippen molar-refractivity contribution in [1.29, 1.82) is 0 Å². The number of nitrogens with zero attached hydrogens (tertiary/aromatic N) is 5. The van der Waals surface area contributed by atoms with E-state index in [0.29, 0.717) is 73.8 Å². The third-order valence-electron chi connectivity index (χ3n) is 16.6. The van der Waals surface area contributed by atoms with Crippen LogP contribution in [0.2, 0.25) is 0 Å². The van der Waals surface area contributed by atoms with E-state index in [1.807, 2.05) is 85.8 Å². The first-order valence-corrected chi connectivity index (χ1v) is 35.7. The Morgan fingerprint density at radius 1 is 0.725 bits per heavy atom. The van der Waals surface area contributed by atoms with E-state index in [2.05, 4.69) is 46.5 Å². The van der Waals surface area contributed by atoms with Crippen molar-refractivity contribution in [3.8, 4) is 11.5 Å². The van der Waals surface area contributed by atoms with Crippen molar-refractivity contribution in [2.24, 2.45) is 5.92 Å². The van der Waals surface area contributed by atoms with Gasteiger partial charge in [0, 0.05) is 80.4 Å². The molecule has 0 saturated carbocycles. The van der Waals surface area contributed by atoms with Crippen LogP contribution in [0.25, 0.3) is 11.2 Å². The lowest BCUT2D eigenvalue weighted by Crippen LogP contribution is -2.42. The summed E-state index contributed by atoms with van der Waals surface area (Å²) in [6, 6.07) is 27.7. The molecule has 4 atom stereocenters. The van der Waals surface area contributed by atoms with Gasteiger partial charge < -0.3 is 49.9 Å². The first-order chi connectivity index (χ1) is 48.8. The standard InChI is InChI=1S/C71H86F3N11O15S2/c1-44(2)64(91)82-69-81-63-62(66(93)83-69)79-50(40-78-63)41-85(68(95)71(72,73)74)51-25-19-46(20-26-51)65(92)80-56(67(94)98-7)31-32-59(88)76-36-14-9-8-13-17-58(87)77-37-38-101-102-45(3)18-34-60(89)84-42-55(100-61(90)35-33-57(86)75-4)39-52(84)43-99-70(47-15-11-10-12-16-47,48-21-27-53(96-5)28-22-48)49-23-29-54(97-6)30-24-49/h10-12,15-16,19-30,40,44-45,52,55-56H,8-9,13-14,17-18,31-39,41-43H2,1-7H3,(H,75,86)(H,76,88)(H,77,87)(H,80,92)(H2,78,81,82,83,91,93)/t45?,52-,55+,56+/m0/s1. The number of hydrogen-bond donors (Lipinski definition) is 6. The van der Waals surface area contributed by atoms with Crippen molar-refractivity contribution in [1.82, 2.24) is 46.1 Å². The summed E-state index contributed by atoms with van der Waals surface area (Å²) in [5.41, 5.74) is -0.815. The molecule has 4 aromatic carbocycles. The lowest BCUT2D eigenvalue weighted by Gasteiger charge is -2.38. The van der Waals surface area contributed by atoms with Gasteiger partial charge in [-0.25, -0.2) is 14.8 Å². The summed E-state index contributed by atoms with van der Waals surface area (Å²) in [7, 11) is 9.00. The Kier molecular flexibility index (Phi) is 30.5. The molecule has 0 radical (unpaired) electrons. The summed E-state index contributed by atoms with van der Waals surface area (Å²) in [6.07, 6.45) is -1.40. The van der Waals surface area contributed by atoms with E-state index in [0.717, 1.165) is 60.7 Å². The summed E-state index contributed by atoms with van der Waals surface area (Å²) < 4.78 is 70.7. The fraction of sp³-hybridized carbons (Fsp3) is 0.451. The zero-order valence-corrected chi connectivity index (χ0v) is 59.5. The molecule has 1 fully saturated rings. The van der Waals surface area contributed by atoms with Gasteiger partial charge in [0.2, 0.25) is 35.5 Å². The molecular weight excluding hydrogens is 1370 g/mol. The minimum absolute atomic E-state index is 0.0293. The number of unbranched alkanes of at least 4 members (excludes halogenated alkanes) is 3. The molecule has 0 aliphatic carbocycles. The van der Waals surface area contributed by atoms with Crippen LogP contribution < -0.4 is 46.5 Å². The van der Waals surface area contributed by atoms with Gasteiger partial charge in [-0.15, -0.1) is 0 Å². The second-order valence-electron chi connectivity index (χ2n) is 24.3. The van der Waals surface area contributed by atoms with E-state index in [1.165, 1.54) is 7.05 Å². The van der Waals surface area contributed by atoms with Gasteiger partial charge >= 0.3 is 24.0 Å². The summed E-state index contributed by atoms with van der Waals surface area (Å²) in [5, 5.41) is 13.2. The highest BCUT2D eigenvalue weighted by Gasteiger charge is 2.45. The molecule has 548 valence electrons. The molecule has 2 aromatic heterocycles. The van der Waals surface area contributed by atoms with Gasteiger partial charge in [0.15, 0.2) is 11.2 Å².